The van der Waals surface area contributed by atoms with Crippen LogP contribution in [0.2, 0.25) is 0 Å². The number of amides is 1. The quantitative estimate of drug-likeness (QED) is 0.289. The number of ether oxygens (including phenoxy) is 2. The number of nitrogens with one attached hydrogen (secondary N) is 1. The molecule has 4 rings (SSSR count). The van der Waals surface area contributed by atoms with Crippen LogP contribution < -0.4 is 14.8 Å². The molecule has 176 valence electrons. The third kappa shape index (κ3) is 5.03. The molecule has 11 heteroatoms. The van der Waals surface area contributed by atoms with Crippen molar-refractivity contribution < 1.29 is 36.2 Å². The zero-order chi connectivity index (χ0) is 24.2. The van der Waals surface area contributed by atoms with Crippen LogP contribution in [0.3, 0.4) is 0 Å². The number of benzene rings is 2. The standard InChI is InChI=1S/C23H17F4N3O4/c1-32-13-3-2-4-14(9-13)33-12-15-5-6-19(34-15)23(31)28-20-7-8-30(29-20)11-16-21(26)17(24)10-18(25)22(16)27/h2-10H,11-12H2,1H3,(H,28,29,31). The van der Waals surface area contributed by atoms with Crippen LogP contribution in [0.5, 0.6) is 11.5 Å². The molecule has 7 nitrogen and oxygen atoms in total. The number of carbonyl (C=O) groups excluding carboxylic acids is 1. The molecule has 1 N–H and O–H groups in total. The molecular formula is C23H17F4N3O4. The third-order valence-electron chi connectivity index (χ3n) is 4.71. The van der Waals surface area contributed by atoms with Gasteiger partial charge in [0.05, 0.1) is 19.2 Å². The SMILES string of the molecule is COc1cccc(OCc2ccc(C(=O)Nc3ccn(Cc4c(F)c(F)cc(F)c4F)n3)o2)c1. The van der Waals surface area contributed by atoms with E-state index in [1.807, 2.05) is 0 Å². The number of furan rings is 1. The Hall–Kier alpha value is -4.28. The number of rotatable bonds is 8. The fourth-order valence-electron chi connectivity index (χ4n) is 3.04. The fraction of sp³-hybridized carbons (Fsp3) is 0.130. The van der Waals surface area contributed by atoms with Crippen LogP contribution in [-0.4, -0.2) is 22.8 Å². The topological polar surface area (TPSA) is 78.5 Å². The summed E-state index contributed by atoms with van der Waals surface area (Å²) in [5.41, 5.74) is -0.829. The van der Waals surface area contributed by atoms with E-state index in [4.69, 9.17) is 13.9 Å². The zero-order valence-corrected chi connectivity index (χ0v) is 17.6. The van der Waals surface area contributed by atoms with Crippen LogP contribution in [0.15, 0.2) is 59.1 Å². The molecule has 2 aromatic carbocycles. The first kappa shape index (κ1) is 22.9. The van der Waals surface area contributed by atoms with Gasteiger partial charge in [0, 0.05) is 24.4 Å². The minimum absolute atomic E-state index is 0.0249. The summed E-state index contributed by atoms with van der Waals surface area (Å²) in [4.78, 5) is 12.4. The summed E-state index contributed by atoms with van der Waals surface area (Å²) >= 11 is 0. The van der Waals surface area contributed by atoms with Gasteiger partial charge in [-0.3, -0.25) is 9.48 Å². The number of methoxy groups -OCH3 is 1. The van der Waals surface area contributed by atoms with Gasteiger partial charge in [0.15, 0.2) is 34.8 Å². The van der Waals surface area contributed by atoms with Gasteiger partial charge in [-0.2, -0.15) is 5.10 Å². The van der Waals surface area contributed by atoms with Crippen LogP contribution in [0.1, 0.15) is 21.9 Å². The van der Waals surface area contributed by atoms with E-state index in [1.54, 1.807) is 30.3 Å². The van der Waals surface area contributed by atoms with Gasteiger partial charge in [-0.25, -0.2) is 17.6 Å². The molecule has 0 saturated heterocycles. The minimum Gasteiger partial charge on any atom is -0.497 e. The molecule has 0 bridgehead atoms. The van der Waals surface area contributed by atoms with Crippen molar-refractivity contribution in [2.24, 2.45) is 0 Å². The van der Waals surface area contributed by atoms with Crippen molar-refractivity contribution in [3.8, 4) is 11.5 Å². The van der Waals surface area contributed by atoms with Gasteiger partial charge in [-0.1, -0.05) is 6.07 Å². The second kappa shape index (κ2) is 9.69. The molecule has 0 aliphatic rings. The normalized spacial score (nSPS) is 10.9. The zero-order valence-electron chi connectivity index (χ0n) is 17.6. The summed E-state index contributed by atoms with van der Waals surface area (Å²) in [5.74, 6) is -5.11. The molecule has 0 radical (unpaired) electrons. The smallest absolute Gasteiger partial charge is 0.292 e. The van der Waals surface area contributed by atoms with Gasteiger partial charge in [0.2, 0.25) is 0 Å². The van der Waals surface area contributed by atoms with Gasteiger partial charge < -0.3 is 19.2 Å². The lowest BCUT2D eigenvalue weighted by molar-refractivity contribution is 0.0992. The van der Waals surface area contributed by atoms with Crippen LogP contribution in [0, 0.1) is 23.3 Å². The molecule has 2 aromatic heterocycles. The van der Waals surface area contributed by atoms with E-state index in [1.165, 1.54) is 25.4 Å². The first-order chi connectivity index (χ1) is 16.3. The number of hydrogen-bond donors (Lipinski definition) is 1. The first-order valence-corrected chi connectivity index (χ1v) is 9.86. The Bertz CT molecular complexity index is 1310. The number of anilines is 1. The molecule has 0 fully saturated rings. The first-order valence-electron chi connectivity index (χ1n) is 9.86. The van der Waals surface area contributed by atoms with Crippen molar-refractivity contribution in [1.29, 1.82) is 0 Å². The van der Waals surface area contributed by atoms with Gasteiger partial charge in [0.25, 0.3) is 5.91 Å². The number of nitrogens with zero attached hydrogens (tertiary/aromatic N) is 2. The Morgan fingerprint density at radius 1 is 1.03 bits per heavy atom. The lowest BCUT2D eigenvalue weighted by atomic mass is 10.2. The lowest BCUT2D eigenvalue weighted by Gasteiger charge is -2.07. The monoisotopic (exact) mass is 475 g/mol. The fourth-order valence-corrected chi connectivity index (χ4v) is 3.04. The van der Waals surface area contributed by atoms with Crippen molar-refractivity contribution >= 4 is 11.7 Å². The summed E-state index contributed by atoms with van der Waals surface area (Å²) in [6, 6.07) is 11.5. The maximum atomic E-state index is 13.9. The van der Waals surface area contributed by atoms with Crippen LogP contribution >= 0.6 is 0 Å². The lowest BCUT2D eigenvalue weighted by Crippen LogP contribution is -2.13. The summed E-state index contributed by atoms with van der Waals surface area (Å²) in [6.07, 6.45) is 1.28. The van der Waals surface area contributed by atoms with Gasteiger partial charge >= 0.3 is 0 Å². The summed E-state index contributed by atoms with van der Waals surface area (Å²) < 4.78 is 71.7. The highest BCUT2D eigenvalue weighted by atomic mass is 19.2. The molecule has 34 heavy (non-hydrogen) atoms. The third-order valence-corrected chi connectivity index (χ3v) is 4.71. The average Bonchev–Trinajstić information content (AvgIpc) is 3.49. The molecule has 0 aliphatic carbocycles. The Morgan fingerprint density at radius 3 is 2.50 bits per heavy atom. The maximum Gasteiger partial charge on any atom is 0.292 e. The number of aromatic nitrogens is 2. The van der Waals surface area contributed by atoms with E-state index in [0.717, 1.165) is 4.68 Å². The minimum atomic E-state index is -1.52. The largest absolute Gasteiger partial charge is 0.497 e. The van der Waals surface area contributed by atoms with Crippen LogP contribution in [-0.2, 0) is 13.2 Å². The highest BCUT2D eigenvalue weighted by Crippen LogP contribution is 2.22. The van der Waals surface area contributed by atoms with Gasteiger partial charge in [-0.05, 0) is 24.3 Å². The number of carbonyl (C=O) groups is 1. The molecule has 0 aliphatic heterocycles. The van der Waals surface area contributed by atoms with Crippen LogP contribution in [0.4, 0.5) is 23.4 Å². The molecule has 1 amide bonds. The van der Waals surface area contributed by atoms with Gasteiger partial charge in [-0.15, -0.1) is 0 Å². The van der Waals surface area contributed by atoms with Crippen molar-refractivity contribution in [3.05, 3.63) is 95.1 Å². The van der Waals surface area contributed by atoms with Crippen molar-refractivity contribution in [2.75, 3.05) is 12.4 Å². The molecule has 0 atom stereocenters. The predicted octanol–water partition coefficient (Wildman–Crippen LogP) is 4.92. The van der Waals surface area contributed by atoms with E-state index >= 15 is 0 Å². The van der Waals surface area contributed by atoms with Crippen molar-refractivity contribution in [1.82, 2.24) is 9.78 Å². The average molecular weight is 475 g/mol. The summed E-state index contributed by atoms with van der Waals surface area (Å²) in [6.45, 7) is -0.523. The maximum absolute atomic E-state index is 13.9. The van der Waals surface area contributed by atoms with E-state index in [0.29, 0.717) is 17.3 Å². The van der Waals surface area contributed by atoms with Crippen molar-refractivity contribution in [3.63, 3.8) is 0 Å². The Kier molecular flexibility index (Phi) is 6.53. The highest BCUT2D eigenvalue weighted by molar-refractivity contribution is 6.01. The van der Waals surface area contributed by atoms with E-state index in [-0.39, 0.29) is 24.3 Å². The summed E-state index contributed by atoms with van der Waals surface area (Å²) in [7, 11) is 1.54. The second-order valence-corrected chi connectivity index (χ2v) is 7.03. The Balaban J connectivity index is 1.38. The predicted molar refractivity (Wildman–Crippen MR) is 112 cm³/mol. The molecular weight excluding hydrogens is 458 g/mol. The van der Waals surface area contributed by atoms with E-state index < -0.39 is 41.3 Å². The van der Waals surface area contributed by atoms with Crippen molar-refractivity contribution in [2.45, 2.75) is 13.2 Å². The molecule has 0 spiro atoms. The Labute approximate surface area is 190 Å². The molecule has 0 saturated carbocycles. The molecule has 0 unspecified atom stereocenters. The van der Waals surface area contributed by atoms with Crippen LogP contribution in [0.25, 0.3) is 0 Å². The van der Waals surface area contributed by atoms with E-state index in [2.05, 4.69) is 10.4 Å². The second-order valence-electron chi connectivity index (χ2n) is 7.03. The summed E-state index contributed by atoms with van der Waals surface area (Å²) in [5, 5.41) is 6.40. The molecule has 2 heterocycles. The number of halogens is 4. The van der Waals surface area contributed by atoms with Gasteiger partial charge in [0.1, 0.15) is 23.9 Å². The molecule has 4 aromatic rings. The van der Waals surface area contributed by atoms with E-state index in [9.17, 15) is 22.4 Å². The number of hydrogen-bond acceptors (Lipinski definition) is 5. The highest BCUT2D eigenvalue weighted by Gasteiger charge is 2.20. The Morgan fingerprint density at radius 2 is 1.76 bits per heavy atom.